The summed E-state index contributed by atoms with van der Waals surface area (Å²) in [4.78, 5) is 0. The number of rotatable bonds is 0. The molecule has 0 saturated carbocycles. The van der Waals surface area contributed by atoms with Crippen LogP contribution >= 0.6 is 0 Å². The molecule has 2 radical (unpaired) electrons. The van der Waals surface area contributed by atoms with E-state index in [-0.39, 0.29) is 0 Å². The third-order valence-corrected chi connectivity index (χ3v) is 1.54. The Kier molecular flexibility index (Phi) is 1.03. The van der Waals surface area contributed by atoms with Gasteiger partial charge in [0, 0.05) is 6.54 Å². The molecular formula is C8H7N. The van der Waals surface area contributed by atoms with Crippen molar-refractivity contribution in [1.29, 1.82) is 0 Å². The molecule has 9 heavy (non-hydrogen) atoms. The average molecular weight is 117 g/mol. The fraction of sp³-hybridized carbons (Fsp3) is 0.125. The Morgan fingerprint density at radius 1 is 1.56 bits per heavy atom. The molecule has 1 aliphatic heterocycles. The summed E-state index contributed by atoms with van der Waals surface area (Å²) in [7, 11) is 0. The van der Waals surface area contributed by atoms with Crippen molar-refractivity contribution >= 4 is 0 Å². The maximum atomic E-state index is 3.14. The Balaban J connectivity index is 2.54. The lowest BCUT2D eigenvalue weighted by Gasteiger charge is -1.90. The van der Waals surface area contributed by atoms with Gasteiger partial charge in [0.25, 0.3) is 0 Å². The van der Waals surface area contributed by atoms with Gasteiger partial charge in [-0.2, -0.15) is 0 Å². The van der Waals surface area contributed by atoms with Crippen molar-refractivity contribution in [2.24, 2.45) is 0 Å². The van der Waals surface area contributed by atoms with Gasteiger partial charge in [-0.1, -0.05) is 12.1 Å². The van der Waals surface area contributed by atoms with Crippen LogP contribution in [0.15, 0.2) is 18.2 Å². The van der Waals surface area contributed by atoms with Crippen LogP contribution in [-0.2, 0) is 6.54 Å². The first-order valence-corrected chi connectivity index (χ1v) is 3.02. The predicted molar refractivity (Wildman–Crippen MR) is 35.5 cm³/mol. The molecule has 1 aromatic carbocycles. The van der Waals surface area contributed by atoms with E-state index in [4.69, 9.17) is 0 Å². The number of hydrogen-bond acceptors (Lipinski definition) is 1. The summed E-state index contributed by atoms with van der Waals surface area (Å²) in [5, 5.41) is 3.14. The Bertz CT molecular complexity index is 195. The standard InChI is InChI=1S/C8H7N/c1-2-4-8-6-9-5-7(8)3-1/h1,3-5,9H,6H2. The lowest BCUT2D eigenvalue weighted by atomic mass is 10.1. The van der Waals surface area contributed by atoms with Crippen molar-refractivity contribution in [3.8, 4) is 0 Å². The highest BCUT2D eigenvalue weighted by atomic mass is 14.9. The van der Waals surface area contributed by atoms with E-state index in [1.54, 1.807) is 0 Å². The van der Waals surface area contributed by atoms with Gasteiger partial charge in [0.2, 0.25) is 0 Å². The highest BCUT2D eigenvalue weighted by molar-refractivity contribution is 5.35. The van der Waals surface area contributed by atoms with Gasteiger partial charge in [0.15, 0.2) is 0 Å². The first kappa shape index (κ1) is 5.00. The maximum Gasteiger partial charge on any atom is 0.0524 e. The van der Waals surface area contributed by atoms with Crippen LogP contribution in [0, 0.1) is 12.6 Å². The molecule has 0 fully saturated rings. The Hall–Kier alpha value is -0.820. The van der Waals surface area contributed by atoms with E-state index in [1.807, 2.05) is 18.7 Å². The van der Waals surface area contributed by atoms with E-state index >= 15 is 0 Å². The zero-order valence-corrected chi connectivity index (χ0v) is 5.02. The number of fused-ring (bicyclic) bond motifs is 1. The van der Waals surface area contributed by atoms with Crippen LogP contribution in [0.25, 0.3) is 0 Å². The Labute approximate surface area is 54.7 Å². The summed E-state index contributed by atoms with van der Waals surface area (Å²) < 4.78 is 0. The molecule has 0 spiro atoms. The Morgan fingerprint density at radius 2 is 2.56 bits per heavy atom. The molecule has 2 rings (SSSR count). The second kappa shape index (κ2) is 1.85. The van der Waals surface area contributed by atoms with Crippen molar-refractivity contribution in [3.05, 3.63) is 41.9 Å². The molecule has 0 aliphatic carbocycles. The minimum absolute atomic E-state index is 0.965. The van der Waals surface area contributed by atoms with E-state index in [2.05, 4.69) is 17.4 Å². The van der Waals surface area contributed by atoms with Gasteiger partial charge in [-0.05, 0) is 23.3 Å². The summed E-state index contributed by atoms with van der Waals surface area (Å²) in [6, 6.07) is 9.05. The molecule has 0 bridgehead atoms. The monoisotopic (exact) mass is 117 g/mol. The molecule has 0 unspecified atom stereocenters. The quantitative estimate of drug-likeness (QED) is 0.536. The minimum atomic E-state index is 0.965. The minimum Gasteiger partial charge on any atom is -0.304 e. The first-order chi connectivity index (χ1) is 4.47. The van der Waals surface area contributed by atoms with E-state index in [0.717, 1.165) is 6.54 Å². The van der Waals surface area contributed by atoms with Gasteiger partial charge in [-0.3, -0.25) is 0 Å². The summed E-state index contributed by atoms with van der Waals surface area (Å²) in [5.74, 6) is 0. The van der Waals surface area contributed by atoms with Gasteiger partial charge in [-0.25, -0.2) is 0 Å². The van der Waals surface area contributed by atoms with E-state index in [9.17, 15) is 0 Å². The molecule has 44 valence electrons. The zero-order chi connectivity index (χ0) is 6.10. The highest BCUT2D eigenvalue weighted by Gasteiger charge is 2.06. The summed E-state index contributed by atoms with van der Waals surface area (Å²) in [5.41, 5.74) is 2.64. The predicted octanol–water partition coefficient (Wildman–Crippen LogP) is 1.10. The zero-order valence-electron chi connectivity index (χ0n) is 5.02. The molecule has 1 N–H and O–H groups in total. The molecule has 1 aromatic rings. The maximum absolute atomic E-state index is 3.14. The molecule has 1 heteroatoms. The van der Waals surface area contributed by atoms with E-state index in [1.165, 1.54) is 11.1 Å². The summed E-state index contributed by atoms with van der Waals surface area (Å²) in [6.07, 6.45) is 0. The number of benzene rings is 1. The molecular weight excluding hydrogens is 110 g/mol. The largest absolute Gasteiger partial charge is 0.304 e. The summed E-state index contributed by atoms with van der Waals surface area (Å²) >= 11 is 0. The van der Waals surface area contributed by atoms with Crippen molar-refractivity contribution in [2.45, 2.75) is 6.54 Å². The fourth-order valence-electron chi connectivity index (χ4n) is 1.04. The second-order valence-electron chi connectivity index (χ2n) is 2.15. The third kappa shape index (κ3) is 0.736. The van der Waals surface area contributed by atoms with Crippen LogP contribution in [0.5, 0.6) is 0 Å². The van der Waals surface area contributed by atoms with Crippen LogP contribution in [0.1, 0.15) is 11.1 Å². The van der Waals surface area contributed by atoms with Crippen molar-refractivity contribution < 1.29 is 0 Å². The smallest absolute Gasteiger partial charge is 0.0524 e. The fourth-order valence-corrected chi connectivity index (χ4v) is 1.04. The van der Waals surface area contributed by atoms with Crippen LogP contribution in [0.2, 0.25) is 0 Å². The van der Waals surface area contributed by atoms with Gasteiger partial charge in [0.1, 0.15) is 0 Å². The SMILES string of the molecule is [c]1ccc2c(c1)CN[CH]2. The third-order valence-electron chi connectivity index (χ3n) is 1.54. The second-order valence-corrected chi connectivity index (χ2v) is 2.15. The van der Waals surface area contributed by atoms with Crippen LogP contribution in [0.3, 0.4) is 0 Å². The van der Waals surface area contributed by atoms with E-state index in [0.29, 0.717) is 0 Å². The molecule has 0 aromatic heterocycles. The summed E-state index contributed by atoms with van der Waals surface area (Å²) in [6.45, 7) is 3.00. The van der Waals surface area contributed by atoms with Crippen LogP contribution < -0.4 is 5.32 Å². The van der Waals surface area contributed by atoms with E-state index < -0.39 is 0 Å². The van der Waals surface area contributed by atoms with Gasteiger partial charge >= 0.3 is 0 Å². The first-order valence-electron chi connectivity index (χ1n) is 3.02. The normalized spacial score (nSPS) is 15.6. The average Bonchev–Trinajstić information content (AvgIpc) is 2.33. The Morgan fingerprint density at radius 3 is 3.44 bits per heavy atom. The van der Waals surface area contributed by atoms with Crippen LogP contribution in [0.4, 0.5) is 0 Å². The van der Waals surface area contributed by atoms with Gasteiger partial charge < -0.3 is 5.32 Å². The van der Waals surface area contributed by atoms with Crippen LogP contribution in [-0.4, -0.2) is 0 Å². The molecule has 0 saturated heterocycles. The van der Waals surface area contributed by atoms with Gasteiger partial charge in [-0.15, -0.1) is 0 Å². The molecule has 0 amide bonds. The molecule has 1 nitrogen and oxygen atoms in total. The van der Waals surface area contributed by atoms with Crippen molar-refractivity contribution in [1.82, 2.24) is 5.32 Å². The topological polar surface area (TPSA) is 12.0 Å². The number of nitrogens with one attached hydrogen (secondary N) is 1. The van der Waals surface area contributed by atoms with Crippen molar-refractivity contribution in [3.63, 3.8) is 0 Å². The molecule has 1 heterocycles. The van der Waals surface area contributed by atoms with Crippen molar-refractivity contribution in [2.75, 3.05) is 0 Å². The van der Waals surface area contributed by atoms with Gasteiger partial charge in [0.05, 0.1) is 6.54 Å². The molecule has 0 atom stereocenters. The lowest BCUT2D eigenvalue weighted by molar-refractivity contribution is 0.886. The number of hydrogen-bond donors (Lipinski definition) is 1. The molecule has 1 aliphatic rings. The lowest BCUT2D eigenvalue weighted by Crippen LogP contribution is -1.97. The highest BCUT2D eigenvalue weighted by Crippen LogP contribution is 2.14.